The molecule has 0 amide bonds. The van der Waals surface area contributed by atoms with Crippen LogP contribution in [0.25, 0.3) is 105 Å². The number of benzene rings is 9. The van der Waals surface area contributed by atoms with Crippen molar-refractivity contribution in [1.29, 1.82) is 0 Å². The van der Waals surface area contributed by atoms with E-state index in [1.54, 1.807) is 12.4 Å². The Balaban J connectivity index is 0.956. The number of hydrogen-bond acceptors (Lipinski definition) is 2. The Bertz CT molecular complexity index is 3230. The highest BCUT2D eigenvalue weighted by molar-refractivity contribution is 6.23. The highest BCUT2D eigenvalue weighted by Gasteiger charge is 2.15. The van der Waals surface area contributed by atoms with E-state index in [1.165, 1.54) is 77.2 Å². The molecule has 2 heterocycles. The normalized spacial score (nSPS) is 11.6. The minimum atomic E-state index is 0.933. The van der Waals surface area contributed by atoms with Crippen LogP contribution >= 0.6 is 0 Å². The molecule has 0 N–H and O–H groups in total. The van der Waals surface area contributed by atoms with Gasteiger partial charge in [-0.25, -0.2) is 0 Å². The molecule has 0 unspecified atom stereocenters. The first-order chi connectivity index (χ1) is 27.3. The molecule has 0 bridgehead atoms. The predicted molar refractivity (Wildman–Crippen MR) is 231 cm³/mol. The van der Waals surface area contributed by atoms with Crippen LogP contribution in [-0.4, -0.2) is 14.5 Å². The zero-order valence-electron chi connectivity index (χ0n) is 29.9. The maximum Gasteiger partial charge on any atom is 0.0971 e. The van der Waals surface area contributed by atoms with Crippen molar-refractivity contribution < 1.29 is 0 Å². The van der Waals surface area contributed by atoms with Crippen molar-refractivity contribution in [3.05, 3.63) is 200 Å². The number of hydrogen-bond donors (Lipinski definition) is 0. The lowest BCUT2D eigenvalue weighted by atomic mass is 9.93. The Labute approximate surface area is 318 Å². The third kappa shape index (κ3) is 5.20. The molecule has 3 nitrogen and oxygen atoms in total. The molecule has 0 saturated heterocycles. The van der Waals surface area contributed by atoms with Gasteiger partial charge in [0.1, 0.15) is 0 Å². The third-order valence-electron chi connectivity index (χ3n) is 11.1. The molecule has 0 fully saturated rings. The van der Waals surface area contributed by atoms with E-state index >= 15 is 0 Å². The highest BCUT2D eigenvalue weighted by Crippen LogP contribution is 2.38. The molecule has 9 aromatic carbocycles. The van der Waals surface area contributed by atoms with Gasteiger partial charge < -0.3 is 4.57 Å². The van der Waals surface area contributed by atoms with E-state index in [-0.39, 0.29) is 0 Å². The van der Waals surface area contributed by atoms with E-state index in [1.807, 2.05) is 0 Å². The summed E-state index contributed by atoms with van der Waals surface area (Å²) in [5, 5.41) is 7.15. The van der Waals surface area contributed by atoms with Crippen molar-refractivity contribution in [2.24, 2.45) is 0 Å². The molecule has 0 aliphatic rings. The number of para-hydroxylation sites is 2. The van der Waals surface area contributed by atoms with Crippen molar-refractivity contribution in [2.75, 3.05) is 0 Å². The molecule has 55 heavy (non-hydrogen) atoms. The van der Waals surface area contributed by atoms with E-state index in [9.17, 15) is 0 Å². The lowest BCUT2D eigenvalue weighted by Crippen LogP contribution is -1.92. The van der Waals surface area contributed by atoms with Crippen LogP contribution in [0.4, 0.5) is 0 Å². The van der Waals surface area contributed by atoms with Crippen molar-refractivity contribution in [2.45, 2.75) is 0 Å². The second kappa shape index (κ2) is 12.6. The molecule has 0 spiro atoms. The summed E-state index contributed by atoms with van der Waals surface area (Å²) < 4.78 is 2.36. The summed E-state index contributed by atoms with van der Waals surface area (Å²) in [6, 6.07) is 68.1. The maximum absolute atomic E-state index is 4.80. The van der Waals surface area contributed by atoms with E-state index < -0.39 is 0 Å². The quantitative estimate of drug-likeness (QED) is 0.167. The number of fused-ring (bicyclic) bond motifs is 9. The van der Waals surface area contributed by atoms with Crippen LogP contribution in [0.1, 0.15) is 0 Å². The first-order valence-electron chi connectivity index (χ1n) is 18.7. The third-order valence-corrected chi connectivity index (χ3v) is 11.1. The van der Waals surface area contributed by atoms with Crippen molar-refractivity contribution >= 4 is 54.4 Å². The van der Waals surface area contributed by atoms with Gasteiger partial charge in [-0.15, -0.1) is 0 Å². The van der Waals surface area contributed by atoms with Gasteiger partial charge in [-0.2, -0.15) is 0 Å². The molecule has 0 atom stereocenters. The Morgan fingerprint density at radius 1 is 0.273 bits per heavy atom. The summed E-state index contributed by atoms with van der Waals surface area (Å²) in [7, 11) is 0. The SMILES string of the molecule is c1ccc(-n2c3ccccc3c3cc(-c4cccc(-c5cccc(-c6cccc(-c7ccc8c9ccccc9c9nccnc9c8c7)c6)c5)c4)ccc32)cc1. The number of aromatic nitrogens is 3. The van der Waals surface area contributed by atoms with Crippen molar-refractivity contribution in [3.8, 4) is 50.2 Å². The molecule has 0 aliphatic heterocycles. The smallest absolute Gasteiger partial charge is 0.0971 e. The molecule has 256 valence electrons. The first kappa shape index (κ1) is 31.2. The number of rotatable bonds is 5. The van der Waals surface area contributed by atoms with E-state index in [0.717, 1.165) is 27.4 Å². The lowest BCUT2D eigenvalue weighted by Gasteiger charge is -2.12. The Hall–Kier alpha value is -7.36. The van der Waals surface area contributed by atoms with Crippen LogP contribution in [0, 0.1) is 0 Å². The summed E-state index contributed by atoms with van der Waals surface area (Å²) >= 11 is 0. The summed E-state index contributed by atoms with van der Waals surface area (Å²) in [6.07, 6.45) is 3.57. The van der Waals surface area contributed by atoms with Crippen LogP contribution < -0.4 is 0 Å². The standard InChI is InChI=1S/C52H33N3/c1-2-17-42(18-3-1)55-49-22-7-6-20-45(49)47-32-41(24-26-50(47)55)39-16-10-14-37(31-39)35-12-8-11-34(29-35)36-13-9-15-38(30-36)40-23-25-44-43-19-4-5-21-46(43)51-52(48(44)33-40)54-28-27-53-51/h1-33H. The van der Waals surface area contributed by atoms with Gasteiger partial charge in [-0.05, 0) is 110 Å². The largest absolute Gasteiger partial charge is 0.309 e. The van der Waals surface area contributed by atoms with Crippen LogP contribution in [0.15, 0.2) is 200 Å². The van der Waals surface area contributed by atoms with Gasteiger partial charge in [0.25, 0.3) is 0 Å². The van der Waals surface area contributed by atoms with E-state index in [0.29, 0.717) is 0 Å². The molecular weight excluding hydrogens is 667 g/mol. The lowest BCUT2D eigenvalue weighted by molar-refractivity contribution is 1.18. The van der Waals surface area contributed by atoms with Gasteiger partial charge in [0.2, 0.25) is 0 Å². The molecule has 2 aromatic heterocycles. The van der Waals surface area contributed by atoms with Gasteiger partial charge >= 0.3 is 0 Å². The van der Waals surface area contributed by atoms with Gasteiger partial charge in [0.05, 0.1) is 22.1 Å². The van der Waals surface area contributed by atoms with Gasteiger partial charge in [-0.1, -0.05) is 133 Å². The molecule has 0 aliphatic carbocycles. The summed E-state index contributed by atoms with van der Waals surface area (Å²) in [5.74, 6) is 0. The monoisotopic (exact) mass is 699 g/mol. The van der Waals surface area contributed by atoms with E-state index in [2.05, 4.69) is 193 Å². The van der Waals surface area contributed by atoms with Gasteiger partial charge in [-0.3, -0.25) is 9.97 Å². The summed E-state index contributed by atoms with van der Waals surface area (Å²) in [6.45, 7) is 0. The van der Waals surface area contributed by atoms with E-state index in [4.69, 9.17) is 9.97 Å². The molecule has 11 rings (SSSR count). The van der Waals surface area contributed by atoms with Gasteiger partial charge in [0.15, 0.2) is 0 Å². The summed E-state index contributed by atoms with van der Waals surface area (Å²) in [5.41, 5.74) is 14.9. The first-order valence-corrected chi connectivity index (χ1v) is 18.7. The van der Waals surface area contributed by atoms with Crippen LogP contribution in [0.2, 0.25) is 0 Å². The average molecular weight is 700 g/mol. The second-order valence-electron chi connectivity index (χ2n) is 14.2. The average Bonchev–Trinajstić information content (AvgIpc) is 3.60. The fourth-order valence-corrected chi connectivity index (χ4v) is 8.45. The van der Waals surface area contributed by atoms with Crippen molar-refractivity contribution in [1.82, 2.24) is 14.5 Å². The maximum atomic E-state index is 4.80. The topological polar surface area (TPSA) is 30.7 Å². The predicted octanol–water partition coefficient (Wildman–Crippen LogP) is 13.7. The molecule has 0 radical (unpaired) electrons. The minimum Gasteiger partial charge on any atom is -0.309 e. The number of nitrogens with zero attached hydrogens (tertiary/aromatic N) is 3. The summed E-state index contributed by atoms with van der Waals surface area (Å²) in [4.78, 5) is 9.54. The molecule has 11 aromatic rings. The van der Waals surface area contributed by atoms with Crippen LogP contribution in [-0.2, 0) is 0 Å². The highest BCUT2D eigenvalue weighted by atomic mass is 15.0. The van der Waals surface area contributed by atoms with Crippen LogP contribution in [0.3, 0.4) is 0 Å². The molecular formula is C52H33N3. The zero-order valence-corrected chi connectivity index (χ0v) is 29.9. The molecule has 0 saturated carbocycles. The Kier molecular flexibility index (Phi) is 7.17. The second-order valence-corrected chi connectivity index (χ2v) is 14.2. The minimum absolute atomic E-state index is 0.933. The molecule has 3 heteroatoms. The Morgan fingerprint density at radius 3 is 1.33 bits per heavy atom. The fraction of sp³-hybridized carbons (Fsp3) is 0. The fourth-order valence-electron chi connectivity index (χ4n) is 8.45. The van der Waals surface area contributed by atoms with Crippen LogP contribution in [0.5, 0.6) is 0 Å². The van der Waals surface area contributed by atoms with Gasteiger partial charge in [0, 0.05) is 39.6 Å². The van der Waals surface area contributed by atoms with Crippen molar-refractivity contribution in [3.63, 3.8) is 0 Å². The Morgan fingerprint density at radius 2 is 0.709 bits per heavy atom. The zero-order chi connectivity index (χ0) is 36.3.